The molecule has 1 atom stereocenters. The molecule has 0 bridgehead atoms. The van der Waals surface area contributed by atoms with Gasteiger partial charge in [-0.15, -0.1) is 0 Å². The number of hydrogen-bond donors (Lipinski definition) is 2. The first-order valence-electron chi connectivity index (χ1n) is 18.1. The smallest absolute Gasteiger partial charge is 0.278 e. The van der Waals surface area contributed by atoms with Crippen molar-refractivity contribution < 1.29 is 45.4 Å². The van der Waals surface area contributed by atoms with E-state index in [2.05, 4.69) is 20.1 Å². The van der Waals surface area contributed by atoms with E-state index in [0.29, 0.717) is 105 Å². The van der Waals surface area contributed by atoms with Crippen LogP contribution in [-0.4, -0.2) is 99.8 Å². The number of morpholine rings is 1. The fourth-order valence-electron chi connectivity index (χ4n) is 7.19. The number of benzene rings is 2. The molecule has 4 aromatic rings. The summed E-state index contributed by atoms with van der Waals surface area (Å²) >= 11 is 0. The highest BCUT2D eigenvalue weighted by molar-refractivity contribution is 7.92. The number of hydroxylamine groups is 1. The Labute approximate surface area is 316 Å². The van der Waals surface area contributed by atoms with Crippen molar-refractivity contribution in [2.75, 3.05) is 69.0 Å². The Morgan fingerprint density at radius 3 is 2.45 bits per heavy atom. The van der Waals surface area contributed by atoms with Crippen LogP contribution in [0, 0.1) is 17.5 Å². The van der Waals surface area contributed by atoms with Crippen LogP contribution in [0.3, 0.4) is 0 Å². The summed E-state index contributed by atoms with van der Waals surface area (Å²) in [6, 6.07) is 6.29. The van der Waals surface area contributed by atoms with Crippen LogP contribution in [0.25, 0.3) is 22.2 Å². The fourth-order valence-corrected chi connectivity index (χ4v) is 7.73. The minimum atomic E-state index is -3.70. The molecule has 3 fully saturated rings. The summed E-state index contributed by atoms with van der Waals surface area (Å²) in [5.74, 6) is -2.81. The van der Waals surface area contributed by atoms with Crippen LogP contribution in [0.2, 0.25) is 0 Å². The van der Waals surface area contributed by atoms with Crippen molar-refractivity contribution in [3.05, 3.63) is 70.7 Å². The molecule has 55 heavy (non-hydrogen) atoms. The van der Waals surface area contributed by atoms with Gasteiger partial charge >= 0.3 is 0 Å². The monoisotopic (exact) mass is 785 g/mol. The maximum atomic E-state index is 15.5. The lowest BCUT2D eigenvalue weighted by Gasteiger charge is -2.33. The lowest BCUT2D eigenvalue weighted by atomic mass is 9.88. The third-order valence-electron chi connectivity index (χ3n) is 9.91. The highest BCUT2D eigenvalue weighted by Gasteiger charge is 2.28. The van der Waals surface area contributed by atoms with Crippen LogP contribution in [0.1, 0.15) is 59.5 Å². The van der Waals surface area contributed by atoms with Crippen LogP contribution >= 0.6 is 0 Å². The molecule has 2 aromatic carbocycles. The highest BCUT2D eigenvalue weighted by Crippen LogP contribution is 2.36. The summed E-state index contributed by atoms with van der Waals surface area (Å²) in [6.45, 7) is 3.81. The van der Waals surface area contributed by atoms with E-state index in [-0.39, 0.29) is 23.0 Å². The van der Waals surface area contributed by atoms with Crippen LogP contribution in [-0.2, 0) is 30.9 Å². The Bertz CT molecular complexity index is 2160. The van der Waals surface area contributed by atoms with Gasteiger partial charge in [0, 0.05) is 49.8 Å². The normalized spacial score (nSPS) is 18.7. The molecule has 2 N–H and O–H groups in total. The number of sulfonamides is 1. The molecule has 294 valence electrons. The quantitative estimate of drug-likeness (QED) is 0.199. The highest BCUT2D eigenvalue weighted by atomic mass is 32.2. The maximum Gasteiger partial charge on any atom is 0.278 e. The number of ether oxygens (including phenoxy) is 3. The van der Waals surface area contributed by atoms with Gasteiger partial charge in [-0.1, -0.05) is 0 Å². The van der Waals surface area contributed by atoms with E-state index < -0.39 is 45.2 Å². The number of pyridine rings is 1. The van der Waals surface area contributed by atoms with E-state index >= 15 is 13.2 Å². The Hall–Kier alpha value is -4.62. The Morgan fingerprint density at radius 1 is 0.964 bits per heavy atom. The van der Waals surface area contributed by atoms with Crippen molar-refractivity contribution in [1.29, 1.82) is 0 Å². The number of likely N-dealkylation sites (tertiary alicyclic amines) is 1. The van der Waals surface area contributed by atoms with Crippen molar-refractivity contribution in [3.63, 3.8) is 0 Å². The van der Waals surface area contributed by atoms with E-state index in [0.717, 1.165) is 31.2 Å². The molecule has 0 spiro atoms. The van der Waals surface area contributed by atoms with Crippen molar-refractivity contribution >= 4 is 38.5 Å². The summed E-state index contributed by atoms with van der Waals surface area (Å²) in [6.07, 6.45) is 5.19. The number of halogens is 3. The first-order chi connectivity index (χ1) is 26.5. The lowest BCUT2D eigenvalue weighted by Crippen LogP contribution is -2.37. The number of anilines is 2. The Morgan fingerprint density at radius 2 is 1.75 bits per heavy atom. The summed E-state index contributed by atoms with van der Waals surface area (Å²) < 4.78 is 89.0. The summed E-state index contributed by atoms with van der Waals surface area (Å²) in [5, 5.41) is 0.400. The molecule has 3 aliphatic heterocycles. The number of nitrogens with one attached hydrogen (secondary N) is 2. The van der Waals surface area contributed by atoms with E-state index in [1.807, 2.05) is 4.90 Å². The zero-order valence-electron chi connectivity index (χ0n) is 30.4. The Balaban J connectivity index is 1.13. The zero-order valence-corrected chi connectivity index (χ0v) is 31.3. The summed E-state index contributed by atoms with van der Waals surface area (Å²) in [4.78, 5) is 36.0. The number of methoxy groups -OCH3 is 1. The van der Waals surface area contributed by atoms with E-state index in [9.17, 15) is 13.2 Å². The molecule has 0 saturated carbocycles. The molecule has 18 heteroatoms. The molecule has 0 radical (unpaired) electrons. The zero-order chi connectivity index (χ0) is 38.7. The lowest BCUT2D eigenvalue weighted by molar-refractivity contribution is -0.186. The Kier molecular flexibility index (Phi) is 11.7. The number of carbonyl (C=O) groups is 1. The minimum Gasteiger partial charge on any atom is -0.480 e. The first kappa shape index (κ1) is 38.6. The molecule has 2 aromatic heterocycles. The standard InChI is InChI=1S/C37H42F3N7O7S/c1-51-36-31(45-55(2,49)50)16-23(20-41-36)33-28-17-25(38)15-24(34(28)43-37(42-33)47-10-13-52-14-11-47)21-46-8-6-22(7-9-46)26-18-30(40)27(19-29(26)39)35(48)44-54-32-5-3-4-12-53-32/h15-20,22,32,45H,3-14,21H2,1-2H3,(H,44,48). The molecule has 3 aliphatic rings. The third kappa shape index (κ3) is 9.10. The van der Waals surface area contributed by atoms with Crippen LogP contribution in [0.4, 0.5) is 24.8 Å². The second-order valence-electron chi connectivity index (χ2n) is 13.8. The van der Waals surface area contributed by atoms with E-state index in [1.165, 1.54) is 31.5 Å². The number of hydrogen-bond acceptors (Lipinski definition) is 12. The summed E-state index contributed by atoms with van der Waals surface area (Å²) in [5.41, 5.74) is 3.85. The van der Waals surface area contributed by atoms with Crippen LogP contribution in [0.15, 0.2) is 36.5 Å². The molecule has 1 unspecified atom stereocenters. The van der Waals surface area contributed by atoms with Gasteiger partial charge in [-0.25, -0.2) is 46.9 Å². The summed E-state index contributed by atoms with van der Waals surface area (Å²) in [7, 11) is -2.33. The molecular formula is C37H42F3N7O7S. The van der Waals surface area contributed by atoms with Crippen molar-refractivity contribution in [2.24, 2.45) is 0 Å². The third-order valence-corrected chi connectivity index (χ3v) is 10.5. The molecule has 5 heterocycles. The van der Waals surface area contributed by atoms with Gasteiger partial charge in [0.25, 0.3) is 5.91 Å². The number of nitrogens with zero attached hydrogens (tertiary/aromatic N) is 5. The topological polar surface area (TPSA) is 157 Å². The molecule has 1 amide bonds. The fraction of sp³-hybridized carbons (Fsp3) is 0.459. The van der Waals surface area contributed by atoms with Gasteiger partial charge in [0.1, 0.15) is 23.1 Å². The van der Waals surface area contributed by atoms with Gasteiger partial charge in [-0.3, -0.25) is 14.4 Å². The van der Waals surface area contributed by atoms with E-state index in [4.69, 9.17) is 29.0 Å². The number of amides is 1. The van der Waals surface area contributed by atoms with Crippen molar-refractivity contribution in [2.45, 2.75) is 50.9 Å². The molecule has 7 rings (SSSR count). The van der Waals surface area contributed by atoms with Gasteiger partial charge < -0.3 is 19.1 Å². The predicted octanol–water partition coefficient (Wildman–Crippen LogP) is 4.89. The average Bonchev–Trinajstić information content (AvgIpc) is 3.18. The van der Waals surface area contributed by atoms with Crippen molar-refractivity contribution in [1.82, 2.24) is 25.3 Å². The minimum absolute atomic E-state index is 0.0512. The molecule has 3 saturated heterocycles. The largest absolute Gasteiger partial charge is 0.480 e. The molecule has 0 aliphatic carbocycles. The van der Waals surface area contributed by atoms with E-state index in [1.54, 1.807) is 0 Å². The number of carbonyl (C=O) groups excluding carboxylic acids is 1. The number of fused-ring (bicyclic) bond motifs is 1. The van der Waals surface area contributed by atoms with Gasteiger partial charge in [0.2, 0.25) is 21.9 Å². The van der Waals surface area contributed by atoms with Gasteiger partial charge in [-0.2, -0.15) is 0 Å². The number of aromatic nitrogens is 3. The number of rotatable bonds is 11. The predicted molar refractivity (Wildman–Crippen MR) is 197 cm³/mol. The van der Waals surface area contributed by atoms with Gasteiger partial charge in [0.15, 0.2) is 6.29 Å². The second-order valence-corrected chi connectivity index (χ2v) is 15.6. The number of piperidine rings is 1. The van der Waals surface area contributed by atoms with Gasteiger partial charge in [-0.05, 0) is 86.1 Å². The average molecular weight is 786 g/mol. The second kappa shape index (κ2) is 16.6. The van der Waals surface area contributed by atoms with Crippen LogP contribution < -0.4 is 19.8 Å². The molecular weight excluding hydrogens is 744 g/mol. The van der Waals surface area contributed by atoms with Crippen molar-refractivity contribution in [3.8, 4) is 17.1 Å². The maximum absolute atomic E-state index is 15.5. The first-order valence-corrected chi connectivity index (χ1v) is 20.0. The SMILES string of the molecule is COc1ncc(-c2nc(N3CCOCC3)nc3c(CN4CCC(c5cc(F)c(C(=O)NOC6CCCCO6)cc5F)CC4)cc(F)cc23)cc1NS(C)(=O)=O. The molecule has 14 nitrogen and oxygen atoms in total. The van der Waals surface area contributed by atoms with Crippen LogP contribution in [0.5, 0.6) is 5.88 Å². The van der Waals surface area contributed by atoms with Gasteiger partial charge in [0.05, 0.1) is 43.4 Å².